The smallest absolute Gasteiger partial charge is 0.348 e. The van der Waals surface area contributed by atoms with E-state index in [-0.39, 0.29) is 18.3 Å². The fraction of sp³-hybridized carbons (Fsp3) is 0.167. The molecule has 0 unspecified atom stereocenters. The number of ether oxygens (including phenoxy) is 1. The van der Waals surface area contributed by atoms with Gasteiger partial charge in [-0.25, -0.2) is 9.18 Å². The zero-order valence-electron chi connectivity index (χ0n) is 13.9. The third-order valence-corrected chi connectivity index (χ3v) is 4.85. The lowest BCUT2D eigenvalue weighted by molar-refractivity contribution is 0.0444. The highest BCUT2D eigenvalue weighted by atomic mass is 32.1. The van der Waals surface area contributed by atoms with Gasteiger partial charge < -0.3 is 13.6 Å². The average Bonchev–Trinajstić information content (AvgIpc) is 3.31. The van der Waals surface area contributed by atoms with Crippen molar-refractivity contribution in [3.05, 3.63) is 58.4 Å². The Hall–Kier alpha value is -3.00. The van der Waals surface area contributed by atoms with Crippen molar-refractivity contribution in [1.29, 1.82) is 0 Å². The zero-order valence-corrected chi connectivity index (χ0v) is 14.7. The molecule has 8 heteroatoms. The Labute approximate surface area is 151 Å². The summed E-state index contributed by atoms with van der Waals surface area (Å²) in [5.41, 5.74) is 0.701. The fourth-order valence-electron chi connectivity index (χ4n) is 2.59. The van der Waals surface area contributed by atoms with Crippen molar-refractivity contribution in [2.75, 3.05) is 0 Å². The number of esters is 1. The van der Waals surface area contributed by atoms with Gasteiger partial charge in [0.1, 0.15) is 22.2 Å². The van der Waals surface area contributed by atoms with E-state index in [1.807, 2.05) is 6.92 Å². The van der Waals surface area contributed by atoms with Gasteiger partial charge in [0.25, 0.3) is 11.8 Å². The first-order valence-electron chi connectivity index (χ1n) is 7.76. The maximum Gasteiger partial charge on any atom is 0.348 e. The van der Waals surface area contributed by atoms with Crippen LogP contribution in [0.15, 0.2) is 39.2 Å². The van der Waals surface area contributed by atoms with Crippen LogP contribution in [0.3, 0.4) is 0 Å². The molecule has 26 heavy (non-hydrogen) atoms. The number of carbonyl (C=O) groups excluding carboxylic acids is 1. The van der Waals surface area contributed by atoms with E-state index in [4.69, 9.17) is 13.6 Å². The Balaban J connectivity index is 1.47. The first kappa shape index (κ1) is 16.5. The second-order valence-corrected chi connectivity index (χ2v) is 6.75. The first-order chi connectivity index (χ1) is 12.5. The van der Waals surface area contributed by atoms with Gasteiger partial charge in [-0.2, -0.15) is 0 Å². The number of furan rings is 1. The van der Waals surface area contributed by atoms with Crippen molar-refractivity contribution >= 4 is 27.4 Å². The van der Waals surface area contributed by atoms with Crippen LogP contribution in [0, 0.1) is 19.7 Å². The van der Waals surface area contributed by atoms with Crippen LogP contribution in [-0.2, 0) is 11.3 Å². The van der Waals surface area contributed by atoms with Gasteiger partial charge in [0.15, 0.2) is 6.61 Å². The molecule has 0 aliphatic carbocycles. The number of fused-ring (bicyclic) bond motifs is 1. The Kier molecular flexibility index (Phi) is 4.04. The number of thiophene rings is 1. The number of nitrogens with zero attached hydrogens (tertiary/aromatic N) is 2. The molecule has 0 saturated heterocycles. The molecule has 0 fully saturated rings. The van der Waals surface area contributed by atoms with E-state index in [1.165, 1.54) is 23.5 Å². The van der Waals surface area contributed by atoms with Gasteiger partial charge in [0.2, 0.25) is 0 Å². The summed E-state index contributed by atoms with van der Waals surface area (Å²) in [4.78, 5) is 12.5. The molecule has 0 spiro atoms. The molecular formula is C18H13FN2O4S. The molecule has 0 atom stereocenters. The minimum Gasteiger partial charge on any atom is -0.466 e. The van der Waals surface area contributed by atoms with Crippen LogP contribution in [0.1, 0.15) is 27.1 Å². The van der Waals surface area contributed by atoms with Crippen molar-refractivity contribution < 1.29 is 22.8 Å². The maximum absolute atomic E-state index is 13.7. The van der Waals surface area contributed by atoms with E-state index in [9.17, 15) is 9.18 Å². The molecule has 132 valence electrons. The summed E-state index contributed by atoms with van der Waals surface area (Å²) in [5.74, 6) is 0.932. The van der Waals surface area contributed by atoms with E-state index in [1.54, 1.807) is 25.1 Å². The number of hydrogen-bond donors (Lipinski definition) is 0. The number of rotatable bonds is 4. The monoisotopic (exact) mass is 372 g/mol. The summed E-state index contributed by atoms with van der Waals surface area (Å²) in [6.45, 7) is 3.45. The summed E-state index contributed by atoms with van der Waals surface area (Å²) in [6, 6.07) is 7.98. The van der Waals surface area contributed by atoms with E-state index < -0.39 is 5.97 Å². The topological polar surface area (TPSA) is 78.4 Å². The van der Waals surface area contributed by atoms with Gasteiger partial charge in [-0.05, 0) is 38.1 Å². The van der Waals surface area contributed by atoms with Crippen molar-refractivity contribution in [3.63, 3.8) is 0 Å². The molecule has 0 aliphatic rings. The number of halogens is 1. The zero-order chi connectivity index (χ0) is 18.3. The summed E-state index contributed by atoms with van der Waals surface area (Å²) in [5, 5.41) is 8.21. The lowest BCUT2D eigenvalue weighted by atomic mass is 10.2. The van der Waals surface area contributed by atoms with Crippen molar-refractivity contribution in [1.82, 2.24) is 10.2 Å². The molecule has 0 aliphatic heterocycles. The number of hydrogen-bond acceptors (Lipinski definition) is 7. The van der Waals surface area contributed by atoms with E-state index in [0.717, 1.165) is 5.76 Å². The SMILES string of the molecule is Cc1cc(-c2nnc(COC(=O)c3cc4c(F)cccc4s3)o2)c(C)o1. The quantitative estimate of drug-likeness (QED) is 0.485. The van der Waals surface area contributed by atoms with Gasteiger partial charge in [-0.15, -0.1) is 21.5 Å². The van der Waals surface area contributed by atoms with Crippen LogP contribution in [0.4, 0.5) is 4.39 Å². The molecule has 0 saturated carbocycles. The van der Waals surface area contributed by atoms with Gasteiger partial charge >= 0.3 is 5.97 Å². The van der Waals surface area contributed by atoms with Gasteiger partial charge in [0.05, 0.1) is 5.56 Å². The fourth-order valence-corrected chi connectivity index (χ4v) is 3.56. The normalized spacial score (nSPS) is 11.2. The van der Waals surface area contributed by atoms with Crippen LogP contribution in [0.5, 0.6) is 0 Å². The maximum atomic E-state index is 13.7. The molecule has 6 nitrogen and oxygen atoms in total. The average molecular weight is 372 g/mol. The van der Waals surface area contributed by atoms with E-state index >= 15 is 0 Å². The lowest BCUT2D eigenvalue weighted by Crippen LogP contribution is -2.03. The predicted molar refractivity (Wildman–Crippen MR) is 92.4 cm³/mol. The minimum atomic E-state index is -0.569. The standard InChI is InChI=1S/C18H13FN2O4S/c1-9-6-11(10(2)24-9)17-21-20-16(25-17)8-23-18(22)15-7-12-13(19)4-3-5-14(12)26-15/h3-7H,8H2,1-2H3. The molecule has 4 rings (SSSR count). The summed E-state index contributed by atoms with van der Waals surface area (Å²) in [6.07, 6.45) is 0. The Morgan fingerprint density at radius 1 is 1.23 bits per heavy atom. The third kappa shape index (κ3) is 2.99. The number of aryl methyl sites for hydroxylation is 2. The highest BCUT2D eigenvalue weighted by molar-refractivity contribution is 7.20. The molecule has 1 aromatic carbocycles. The molecule has 0 amide bonds. The Morgan fingerprint density at radius 2 is 2.08 bits per heavy atom. The highest BCUT2D eigenvalue weighted by Crippen LogP contribution is 2.29. The molecule has 3 aromatic heterocycles. The number of carbonyl (C=O) groups is 1. The Bertz CT molecular complexity index is 1110. The summed E-state index contributed by atoms with van der Waals surface area (Å²) >= 11 is 1.17. The van der Waals surface area contributed by atoms with Gasteiger partial charge in [-0.3, -0.25) is 0 Å². The van der Waals surface area contributed by atoms with Crippen LogP contribution in [0.2, 0.25) is 0 Å². The lowest BCUT2D eigenvalue weighted by Gasteiger charge is -1.98. The molecule has 0 N–H and O–H groups in total. The number of benzene rings is 1. The van der Waals surface area contributed by atoms with E-state index in [0.29, 0.717) is 32.2 Å². The summed E-state index contributed by atoms with van der Waals surface area (Å²) < 4.78 is 30.5. The third-order valence-electron chi connectivity index (χ3n) is 3.77. The molecule has 0 radical (unpaired) electrons. The van der Waals surface area contributed by atoms with Crippen molar-refractivity contribution in [2.24, 2.45) is 0 Å². The molecular weight excluding hydrogens is 359 g/mol. The van der Waals surface area contributed by atoms with Gasteiger partial charge in [0, 0.05) is 10.1 Å². The van der Waals surface area contributed by atoms with Crippen LogP contribution < -0.4 is 0 Å². The van der Waals surface area contributed by atoms with Crippen molar-refractivity contribution in [3.8, 4) is 11.5 Å². The number of aromatic nitrogens is 2. The second-order valence-electron chi connectivity index (χ2n) is 5.67. The molecule has 3 heterocycles. The minimum absolute atomic E-state index is 0.166. The predicted octanol–water partition coefficient (Wildman–Crippen LogP) is 4.66. The van der Waals surface area contributed by atoms with Crippen LogP contribution in [0.25, 0.3) is 21.5 Å². The van der Waals surface area contributed by atoms with Gasteiger partial charge in [-0.1, -0.05) is 6.07 Å². The summed E-state index contributed by atoms with van der Waals surface area (Å²) in [7, 11) is 0. The van der Waals surface area contributed by atoms with E-state index in [2.05, 4.69) is 10.2 Å². The highest BCUT2D eigenvalue weighted by Gasteiger charge is 2.17. The second kappa shape index (κ2) is 6.38. The largest absolute Gasteiger partial charge is 0.466 e. The first-order valence-corrected chi connectivity index (χ1v) is 8.58. The molecule has 0 bridgehead atoms. The van der Waals surface area contributed by atoms with Crippen LogP contribution in [-0.4, -0.2) is 16.2 Å². The Morgan fingerprint density at radius 3 is 2.81 bits per heavy atom. The van der Waals surface area contributed by atoms with Crippen molar-refractivity contribution in [2.45, 2.75) is 20.5 Å². The molecule has 4 aromatic rings. The van der Waals surface area contributed by atoms with Crippen LogP contribution >= 0.6 is 11.3 Å².